The molecular formula is C15H27NO2. The molecule has 2 bridgehead atoms. The van der Waals surface area contributed by atoms with Gasteiger partial charge in [0.1, 0.15) is 6.04 Å². The summed E-state index contributed by atoms with van der Waals surface area (Å²) >= 11 is 0. The molecule has 3 heteroatoms. The molecule has 0 aromatic carbocycles. The predicted molar refractivity (Wildman–Crippen MR) is 72.2 cm³/mol. The van der Waals surface area contributed by atoms with E-state index in [9.17, 15) is 4.79 Å². The highest BCUT2D eigenvalue weighted by Gasteiger charge is 2.39. The van der Waals surface area contributed by atoms with Crippen LogP contribution in [-0.4, -0.2) is 25.7 Å². The molecule has 1 N–H and O–H groups in total. The monoisotopic (exact) mass is 253 g/mol. The van der Waals surface area contributed by atoms with E-state index in [0.29, 0.717) is 5.92 Å². The summed E-state index contributed by atoms with van der Waals surface area (Å²) in [6.45, 7) is 5.29. The first-order chi connectivity index (χ1) is 8.60. The average Bonchev–Trinajstić information content (AvgIpc) is 2.95. The van der Waals surface area contributed by atoms with E-state index in [2.05, 4.69) is 19.2 Å². The molecule has 0 radical (unpaired) electrons. The van der Waals surface area contributed by atoms with Gasteiger partial charge in [-0.25, -0.2) is 0 Å². The zero-order valence-corrected chi connectivity index (χ0v) is 11.9. The minimum atomic E-state index is -0.117. The number of carbonyl (C=O) groups excluding carboxylic acids is 1. The second-order valence-electron chi connectivity index (χ2n) is 6.55. The normalized spacial score (nSPS) is 31.9. The SMILES string of the molecule is COC(=O)C(CC(C)C)NCC1CC2CCC1C2. The Hall–Kier alpha value is -0.570. The first-order valence-electron chi connectivity index (χ1n) is 7.41. The van der Waals surface area contributed by atoms with Crippen molar-refractivity contribution in [1.29, 1.82) is 0 Å². The van der Waals surface area contributed by atoms with Gasteiger partial charge in [0, 0.05) is 0 Å². The zero-order chi connectivity index (χ0) is 13.1. The van der Waals surface area contributed by atoms with E-state index in [-0.39, 0.29) is 12.0 Å². The summed E-state index contributed by atoms with van der Waals surface area (Å²) in [7, 11) is 1.48. The Morgan fingerprint density at radius 2 is 2.11 bits per heavy atom. The van der Waals surface area contributed by atoms with Crippen LogP contribution in [0.1, 0.15) is 46.0 Å². The molecule has 4 unspecified atom stereocenters. The molecule has 2 aliphatic carbocycles. The number of hydrogen-bond donors (Lipinski definition) is 1. The summed E-state index contributed by atoms with van der Waals surface area (Å²) in [6.07, 6.45) is 6.51. The van der Waals surface area contributed by atoms with Crippen LogP contribution in [0.2, 0.25) is 0 Å². The van der Waals surface area contributed by atoms with Gasteiger partial charge in [0.25, 0.3) is 0 Å². The van der Waals surface area contributed by atoms with Crippen molar-refractivity contribution in [3.63, 3.8) is 0 Å². The molecule has 0 aromatic rings. The van der Waals surface area contributed by atoms with Crippen LogP contribution in [0.15, 0.2) is 0 Å². The van der Waals surface area contributed by atoms with Gasteiger partial charge >= 0.3 is 5.97 Å². The second kappa shape index (κ2) is 6.05. The van der Waals surface area contributed by atoms with Gasteiger partial charge in [0.2, 0.25) is 0 Å². The number of methoxy groups -OCH3 is 1. The van der Waals surface area contributed by atoms with Crippen molar-refractivity contribution in [2.45, 2.75) is 52.0 Å². The minimum Gasteiger partial charge on any atom is -0.468 e. The second-order valence-corrected chi connectivity index (χ2v) is 6.55. The lowest BCUT2D eigenvalue weighted by Gasteiger charge is -2.25. The van der Waals surface area contributed by atoms with E-state index in [1.165, 1.54) is 32.8 Å². The van der Waals surface area contributed by atoms with Gasteiger partial charge in [-0.1, -0.05) is 20.3 Å². The van der Waals surface area contributed by atoms with Crippen molar-refractivity contribution in [2.24, 2.45) is 23.7 Å². The third kappa shape index (κ3) is 3.25. The third-order valence-corrected chi connectivity index (χ3v) is 4.70. The minimum absolute atomic E-state index is 0.105. The van der Waals surface area contributed by atoms with Crippen LogP contribution in [0.4, 0.5) is 0 Å². The van der Waals surface area contributed by atoms with Crippen LogP contribution in [0.3, 0.4) is 0 Å². The number of nitrogens with one attached hydrogen (secondary N) is 1. The summed E-state index contributed by atoms with van der Waals surface area (Å²) in [5, 5.41) is 3.45. The summed E-state index contributed by atoms with van der Waals surface area (Å²) in [6, 6.07) is -0.117. The molecule has 0 spiro atoms. The van der Waals surface area contributed by atoms with Gasteiger partial charge in [0.15, 0.2) is 0 Å². The van der Waals surface area contributed by atoms with Crippen molar-refractivity contribution in [3.8, 4) is 0 Å². The van der Waals surface area contributed by atoms with Crippen molar-refractivity contribution in [3.05, 3.63) is 0 Å². The fraction of sp³-hybridized carbons (Fsp3) is 0.933. The summed E-state index contributed by atoms with van der Waals surface area (Å²) in [5.74, 6) is 3.10. The van der Waals surface area contributed by atoms with Crippen molar-refractivity contribution in [1.82, 2.24) is 5.32 Å². The number of carbonyl (C=O) groups is 1. The fourth-order valence-corrected chi connectivity index (χ4v) is 3.80. The molecule has 104 valence electrons. The molecule has 3 nitrogen and oxygen atoms in total. The quantitative estimate of drug-likeness (QED) is 0.739. The molecule has 2 saturated carbocycles. The molecule has 0 saturated heterocycles. The Kier molecular flexibility index (Phi) is 4.66. The Morgan fingerprint density at radius 1 is 1.33 bits per heavy atom. The summed E-state index contributed by atoms with van der Waals surface area (Å²) in [4.78, 5) is 11.7. The number of ether oxygens (including phenoxy) is 1. The zero-order valence-electron chi connectivity index (χ0n) is 11.9. The number of fused-ring (bicyclic) bond motifs is 2. The van der Waals surface area contributed by atoms with Crippen molar-refractivity contribution < 1.29 is 9.53 Å². The van der Waals surface area contributed by atoms with Gasteiger partial charge in [0.05, 0.1) is 7.11 Å². The molecule has 0 aliphatic heterocycles. The molecule has 0 amide bonds. The first kappa shape index (κ1) is 13.9. The summed E-state index contributed by atoms with van der Waals surface area (Å²) < 4.78 is 4.89. The molecule has 0 heterocycles. The van der Waals surface area contributed by atoms with E-state index in [1.807, 2.05) is 0 Å². The molecule has 18 heavy (non-hydrogen) atoms. The molecule has 0 aromatic heterocycles. The van der Waals surface area contributed by atoms with Gasteiger partial charge in [-0.15, -0.1) is 0 Å². The Bertz CT molecular complexity index is 290. The average molecular weight is 253 g/mol. The van der Waals surface area contributed by atoms with E-state index >= 15 is 0 Å². The lowest BCUT2D eigenvalue weighted by atomic mass is 9.88. The maximum atomic E-state index is 11.7. The number of esters is 1. The molecular weight excluding hydrogens is 226 g/mol. The molecule has 4 atom stereocenters. The van der Waals surface area contributed by atoms with E-state index in [1.54, 1.807) is 0 Å². The van der Waals surface area contributed by atoms with Gasteiger partial charge in [-0.3, -0.25) is 4.79 Å². The number of hydrogen-bond acceptors (Lipinski definition) is 3. The van der Waals surface area contributed by atoms with Crippen molar-refractivity contribution in [2.75, 3.05) is 13.7 Å². The topological polar surface area (TPSA) is 38.3 Å². The largest absolute Gasteiger partial charge is 0.468 e. The van der Waals surface area contributed by atoms with Crippen LogP contribution in [0.5, 0.6) is 0 Å². The van der Waals surface area contributed by atoms with Crippen LogP contribution in [0.25, 0.3) is 0 Å². The Morgan fingerprint density at radius 3 is 2.61 bits per heavy atom. The molecule has 2 rings (SSSR count). The molecule has 2 fully saturated rings. The highest BCUT2D eigenvalue weighted by Crippen LogP contribution is 2.47. The standard InChI is InChI=1S/C15H27NO2/c1-10(2)6-14(15(17)18-3)16-9-13-8-11-4-5-12(13)7-11/h10-14,16H,4-9H2,1-3H3. The lowest BCUT2D eigenvalue weighted by Crippen LogP contribution is -2.42. The van der Waals surface area contributed by atoms with Crippen LogP contribution in [0, 0.1) is 23.7 Å². The van der Waals surface area contributed by atoms with Gasteiger partial charge in [-0.05, 0) is 55.9 Å². The smallest absolute Gasteiger partial charge is 0.322 e. The predicted octanol–water partition coefficient (Wildman–Crippen LogP) is 2.60. The lowest BCUT2D eigenvalue weighted by molar-refractivity contribution is -0.143. The maximum Gasteiger partial charge on any atom is 0.322 e. The fourth-order valence-electron chi connectivity index (χ4n) is 3.80. The number of rotatable bonds is 6. The third-order valence-electron chi connectivity index (χ3n) is 4.70. The van der Waals surface area contributed by atoms with Crippen LogP contribution < -0.4 is 5.32 Å². The van der Waals surface area contributed by atoms with Crippen LogP contribution >= 0.6 is 0 Å². The van der Waals surface area contributed by atoms with E-state index in [0.717, 1.165) is 30.7 Å². The highest BCUT2D eigenvalue weighted by atomic mass is 16.5. The molecule has 2 aliphatic rings. The van der Waals surface area contributed by atoms with Crippen molar-refractivity contribution >= 4 is 5.97 Å². The maximum absolute atomic E-state index is 11.7. The Labute approximate surface area is 111 Å². The highest BCUT2D eigenvalue weighted by molar-refractivity contribution is 5.75. The van der Waals surface area contributed by atoms with Gasteiger partial charge < -0.3 is 10.1 Å². The van der Waals surface area contributed by atoms with E-state index < -0.39 is 0 Å². The summed E-state index contributed by atoms with van der Waals surface area (Å²) in [5.41, 5.74) is 0. The first-order valence-corrected chi connectivity index (χ1v) is 7.41. The Balaban J connectivity index is 1.80. The van der Waals surface area contributed by atoms with Crippen LogP contribution in [-0.2, 0) is 9.53 Å². The van der Waals surface area contributed by atoms with Gasteiger partial charge in [-0.2, -0.15) is 0 Å². The van der Waals surface area contributed by atoms with E-state index in [4.69, 9.17) is 4.74 Å².